The highest BCUT2D eigenvalue weighted by Gasteiger charge is 2.37. The molecule has 92 valence electrons. The van der Waals surface area contributed by atoms with Gasteiger partial charge in [-0.3, -0.25) is 9.69 Å². The first kappa shape index (κ1) is 12.1. The molecule has 0 aliphatic carbocycles. The average molecular weight is 234 g/mol. The minimum atomic E-state index is -1.08. The maximum Gasteiger partial charge on any atom is 0.238 e. The van der Waals surface area contributed by atoms with Crippen LogP contribution in [0.1, 0.15) is 12.5 Å². The summed E-state index contributed by atoms with van der Waals surface area (Å²) in [5.74, 6) is -0.0443. The lowest BCUT2D eigenvalue weighted by atomic mass is 10.1. The van der Waals surface area contributed by atoms with Gasteiger partial charge in [0.2, 0.25) is 5.91 Å². The lowest BCUT2D eigenvalue weighted by molar-refractivity contribution is -0.170. The number of rotatable bonds is 2. The second kappa shape index (κ2) is 4.47. The minimum absolute atomic E-state index is 0.0443. The number of likely N-dealkylation sites (N-methyl/N-ethyl adjacent to an activating group) is 1. The summed E-state index contributed by atoms with van der Waals surface area (Å²) in [7, 11) is 1.64. The number of amides is 1. The molecule has 1 fully saturated rings. The SMILES string of the molecule is CN1C(=O)CN(Cc2ccccc2)CC1(C)O. The van der Waals surface area contributed by atoms with Crippen LogP contribution in [0.15, 0.2) is 30.3 Å². The third-order valence-electron chi connectivity index (χ3n) is 3.23. The molecule has 4 heteroatoms. The highest BCUT2D eigenvalue weighted by Crippen LogP contribution is 2.19. The lowest BCUT2D eigenvalue weighted by Crippen LogP contribution is -2.61. The summed E-state index contributed by atoms with van der Waals surface area (Å²) in [6.45, 7) is 3.20. The molecule has 0 radical (unpaired) electrons. The normalized spacial score (nSPS) is 26.3. The number of carbonyl (C=O) groups is 1. The Hall–Kier alpha value is -1.39. The summed E-state index contributed by atoms with van der Waals surface area (Å²) in [6.07, 6.45) is 0. The predicted octanol–water partition coefficient (Wildman–Crippen LogP) is 0.669. The number of benzene rings is 1. The zero-order chi connectivity index (χ0) is 12.5. The number of nitrogens with zero attached hydrogens (tertiary/aromatic N) is 2. The molecule has 0 spiro atoms. The largest absolute Gasteiger partial charge is 0.370 e. The van der Waals surface area contributed by atoms with Crippen LogP contribution in [0.4, 0.5) is 0 Å². The van der Waals surface area contributed by atoms with Gasteiger partial charge in [0.15, 0.2) is 0 Å². The minimum Gasteiger partial charge on any atom is -0.370 e. The Morgan fingerprint density at radius 2 is 2.00 bits per heavy atom. The van der Waals surface area contributed by atoms with E-state index in [1.807, 2.05) is 35.2 Å². The molecule has 1 aliphatic rings. The summed E-state index contributed by atoms with van der Waals surface area (Å²) in [5.41, 5.74) is 0.0741. The molecule has 1 heterocycles. The van der Waals surface area contributed by atoms with Crippen LogP contribution in [-0.4, -0.2) is 46.7 Å². The summed E-state index contributed by atoms with van der Waals surface area (Å²) in [4.78, 5) is 15.1. The van der Waals surface area contributed by atoms with Gasteiger partial charge in [0.25, 0.3) is 0 Å². The first-order chi connectivity index (χ1) is 7.99. The van der Waals surface area contributed by atoms with Crippen LogP contribution in [0, 0.1) is 0 Å². The second-order valence-electron chi connectivity index (χ2n) is 4.80. The molecule has 1 aromatic rings. The zero-order valence-electron chi connectivity index (χ0n) is 10.3. The molecule has 1 amide bonds. The van der Waals surface area contributed by atoms with Crippen LogP contribution < -0.4 is 0 Å². The molecule has 2 rings (SSSR count). The van der Waals surface area contributed by atoms with E-state index in [2.05, 4.69) is 0 Å². The first-order valence-electron chi connectivity index (χ1n) is 5.74. The van der Waals surface area contributed by atoms with Crippen molar-refractivity contribution in [1.82, 2.24) is 9.80 Å². The fourth-order valence-electron chi connectivity index (χ4n) is 2.10. The van der Waals surface area contributed by atoms with Crippen LogP contribution in [0.25, 0.3) is 0 Å². The number of piperazine rings is 1. The number of aliphatic hydroxyl groups is 1. The van der Waals surface area contributed by atoms with Gasteiger partial charge in [0.1, 0.15) is 5.72 Å². The van der Waals surface area contributed by atoms with E-state index in [0.29, 0.717) is 19.6 Å². The van der Waals surface area contributed by atoms with Crippen molar-refractivity contribution in [3.05, 3.63) is 35.9 Å². The van der Waals surface area contributed by atoms with Gasteiger partial charge in [-0.05, 0) is 12.5 Å². The molecule has 1 unspecified atom stereocenters. The van der Waals surface area contributed by atoms with Gasteiger partial charge in [-0.15, -0.1) is 0 Å². The summed E-state index contributed by atoms with van der Waals surface area (Å²) >= 11 is 0. The Labute approximate surface area is 101 Å². The van der Waals surface area contributed by atoms with Crippen LogP contribution in [0.5, 0.6) is 0 Å². The van der Waals surface area contributed by atoms with E-state index < -0.39 is 5.72 Å². The van der Waals surface area contributed by atoms with Crippen molar-refractivity contribution in [1.29, 1.82) is 0 Å². The van der Waals surface area contributed by atoms with E-state index in [-0.39, 0.29) is 5.91 Å². The zero-order valence-corrected chi connectivity index (χ0v) is 10.3. The van der Waals surface area contributed by atoms with Crippen LogP contribution in [0.3, 0.4) is 0 Å². The average Bonchev–Trinajstić information content (AvgIpc) is 2.27. The molecule has 0 aromatic heterocycles. The van der Waals surface area contributed by atoms with E-state index in [9.17, 15) is 9.90 Å². The molecular weight excluding hydrogens is 216 g/mol. The van der Waals surface area contributed by atoms with E-state index in [0.717, 1.165) is 5.56 Å². The molecule has 4 nitrogen and oxygen atoms in total. The number of hydrogen-bond acceptors (Lipinski definition) is 3. The topological polar surface area (TPSA) is 43.8 Å². The van der Waals surface area contributed by atoms with Crippen molar-refractivity contribution < 1.29 is 9.90 Å². The summed E-state index contributed by atoms with van der Waals surface area (Å²) in [5, 5.41) is 10.1. The van der Waals surface area contributed by atoms with Gasteiger partial charge >= 0.3 is 0 Å². The fourth-order valence-corrected chi connectivity index (χ4v) is 2.10. The van der Waals surface area contributed by atoms with Gasteiger partial charge in [0.05, 0.1) is 6.54 Å². The third kappa shape index (κ3) is 2.65. The predicted molar refractivity (Wildman–Crippen MR) is 65.1 cm³/mol. The van der Waals surface area contributed by atoms with Crippen molar-refractivity contribution in [2.24, 2.45) is 0 Å². The molecule has 1 aromatic carbocycles. The molecule has 17 heavy (non-hydrogen) atoms. The highest BCUT2D eigenvalue weighted by atomic mass is 16.3. The lowest BCUT2D eigenvalue weighted by Gasteiger charge is -2.43. The number of hydrogen-bond donors (Lipinski definition) is 1. The van der Waals surface area contributed by atoms with Crippen LogP contribution in [0.2, 0.25) is 0 Å². The van der Waals surface area contributed by atoms with Gasteiger partial charge in [-0.1, -0.05) is 30.3 Å². The third-order valence-corrected chi connectivity index (χ3v) is 3.23. The van der Waals surface area contributed by atoms with Crippen molar-refractivity contribution in [2.45, 2.75) is 19.2 Å². The second-order valence-corrected chi connectivity index (χ2v) is 4.80. The Morgan fingerprint density at radius 3 is 2.59 bits per heavy atom. The van der Waals surface area contributed by atoms with E-state index >= 15 is 0 Å². The fraction of sp³-hybridized carbons (Fsp3) is 0.462. The molecule has 1 N–H and O–H groups in total. The Kier molecular flexibility index (Phi) is 3.17. The van der Waals surface area contributed by atoms with Crippen molar-refractivity contribution in [3.8, 4) is 0 Å². The Balaban J connectivity index is 2.06. The maximum atomic E-state index is 11.7. The van der Waals surface area contributed by atoms with Crippen LogP contribution >= 0.6 is 0 Å². The smallest absolute Gasteiger partial charge is 0.238 e. The molecule has 1 saturated heterocycles. The molecule has 1 atom stereocenters. The molecule has 0 bridgehead atoms. The van der Waals surface area contributed by atoms with Gasteiger partial charge in [-0.25, -0.2) is 0 Å². The summed E-state index contributed by atoms with van der Waals surface area (Å²) in [6, 6.07) is 9.97. The van der Waals surface area contributed by atoms with Crippen molar-refractivity contribution in [3.63, 3.8) is 0 Å². The van der Waals surface area contributed by atoms with E-state index in [1.165, 1.54) is 4.90 Å². The van der Waals surface area contributed by atoms with Crippen molar-refractivity contribution >= 4 is 5.91 Å². The molecule has 1 aliphatic heterocycles. The number of β-amino-alcohol motifs (C(OH)–C–C–N with tert-alkyl or cyclic N) is 1. The van der Waals surface area contributed by atoms with E-state index in [1.54, 1.807) is 14.0 Å². The van der Waals surface area contributed by atoms with Gasteiger partial charge in [-0.2, -0.15) is 0 Å². The monoisotopic (exact) mass is 234 g/mol. The summed E-state index contributed by atoms with van der Waals surface area (Å²) < 4.78 is 0. The van der Waals surface area contributed by atoms with Crippen molar-refractivity contribution in [2.75, 3.05) is 20.1 Å². The first-order valence-corrected chi connectivity index (χ1v) is 5.74. The van der Waals surface area contributed by atoms with E-state index in [4.69, 9.17) is 0 Å². The number of carbonyl (C=O) groups excluding carboxylic acids is 1. The van der Waals surface area contributed by atoms with Crippen LogP contribution in [-0.2, 0) is 11.3 Å². The standard InChI is InChI=1S/C13H18N2O2/c1-13(17)10-15(9-12(16)14(13)2)8-11-6-4-3-5-7-11/h3-7,17H,8-10H2,1-2H3. The van der Waals surface area contributed by atoms with Gasteiger partial charge < -0.3 is 10.0 Å². The molecule has 0 saturated carbocycles. The maximum absolute atomic E-state index is 11.7. The van der Waals surface area contributed by atoms with Gasteiger partial charge in [0, 0.05) is 20.1 Å². The Bertz CT molecular complexity index is 403. The quantitative estimate of drug-likeness (QED) is 0.818. The Morgan fingerprint density at radius 1 is 1.35 bits per heavy atom. The highest BCUT2D eigenvalue weighted by molar-refractivity contribution is 5.79. The molecular formula is C13H18N2O2.